The second kappa shape index (κ2) is 6.08. The molecule has 2 aromatic rings. The lowest BCUT2D eigenvalue weighted by atomic mass is 9.92. The van der Waals surface area contributed by atoms with Gasteiger partial charge >= 0.3 is 0 Å². The Bertz CT molecular complexity index is 682. The van der Waals surface area contributed by atoms with Crippen LogP contribution in [0.5, 0.6) is 0 Å². The van der Waals surface area contributed by atoms with Crippen molar-refractivity contribution < 1.29 is 9.32 Å². The first-order chi connectivity index (χ1) is 10.6. The van der Waals surface area contributed by atoms with Crippen LogP contribution in [0.2, 0.25) is 0 Å². The molecule has 4 nitrogen and oxygen atoms in total. The monoisotopic (exact) mass is 316 g/mol. The van der Waals surface area contributed by atoms with E-state index in [-0.39, 0.29) is 11.9 Å². The maximum absolute atomic E-state index is 12.5. The molecule has 0 bridgehead atoms. The van der Waals surface area contributed by atoms with E-state index in [9.17, 15) is 4.79 Å². The Balaban J connectivity index is 1.95. The van der Waals surface area contributed by atoms with Crippen LogP contribution in [0.4, 0.5) is 0 Å². The van der Waals surface area contributed by atoms with Crippen LogP contribution < -0.4 is 0 Å². The molecule has 0 aromatic carbocycles. The lowest BCUT2D eigenvalue weighted by molar-refractivity contribution is -0.129. The lowest BCUT2D eigenvalue weighted by Gasteiger charge is -2.34. The van der Waals surface area contributed by atoms with Crippen LogP contribution in [0.15, 0.2) is 28.6 Å². The molecule has 2 heterocycles. The molecule has 3 rings (SSSR count). The third-order valence-corrected chi connectivity index (χ3v) is 5.36. The fourth-order valence-corrected chi connectivity index (χ4v) is 4.12. The largest absolute Gasteiger partial charge is 0.361 e. The van der Waals surface area contributed by atoms with Gasteiger partial charge in [-0.3, -0.25) is 4.79 Å². The SMILES string of the molecule is C=CC(=O)N(Cc1c(C)noc1C)C1CCCc2sccc21. The minimum Gasteiger partial charge on any atom is -0.361 e. The maximum Gasteiger partial charge on any atom is 0.246 e. The van der Waals surface area contributed by atoms with Gasteiger partial charge in [-0.2, -0.15) is 0 Å². The average molecular weight is 316 g/mol. The minimum atomic E-state index is -0.0379. The van der Waals surface area contributed by atoms with Gasteiger partial charge in [-0.05, 0) is 56.2 Å². The highest BCUT2D eigenvalue weighted by Crippen LogP contribution is 2.38. The highest BCUT2D eigenvalue weighted by molar-refractivity contribution is 7.10. The quantitative estimate of drug-likeness (QED) is 0.803. The normalized spacial score (nSPS) is 17.1. The molecule has 0 fully saturated rings. The van der Waals surface area contributed by atoms with Crippen LogP contribution in [-0.4, -0.2) is 16.0 Å². The number of carbonyl (C=O) groups excluding carboxylic acids is 1. The summed E-state index contributed by atoms with van der Waals surface area (Å²) in [5, 5.41) is 6.12. The number of nitrogens with zero attached hydrogens (tertiary/aromatic N) is 2. The molecular formula is C17H20N2O2S. The molecule has 0 saturated heterocycles. The van der Waals surface area contributed by atoms with Gasteiger partial charge in [-0.1, -0.05) is 11.7 Å². The molecule has 1 atom stereocenters. The molecule has 0 aliphatic heterocycles. The van der Waals surface area contributed by atoms with Crippen LogP contribution in [-0.2, 0) is 17.8 Å². The van der Waals surface area contributed by atoms with E-state index in [2.05, 4.69) is 23.2 Å². The van der Waals surface area contributed by atoms with E-state index in [1.807, 2.05) is 18.7 Å². The molecule has 0 saturated carbocycles. The first kappa shape index (κ1) is 15.0. The van der Waals surface area contributed by atoms with Crippen molar-refractivity contribution >= 4 is 17.2 Å². The summed E-state index contributed by atoms with van der Waals surface area (Å²) >= 11 is 1.79. The molecule has 1 aliphatic rings. The Kier molecular flexibility index (Phi) is 4.16. The third kappa shape index (κ3) is 2.61. The Morgan fingerprint density at radius 1 is 1.59 bits per heavy atom. The fourth-order valence-electron chi connectivity index (χ4n) is 3.14. The molecule has 22 heavy (non-hydrogen) atoms. The fraction of sp³-hybridized carbons (Fsp3) is 0.412. The number of carbonyl (C=O) groups is 1. The molecular weight excluding hydrogens is 296 g/mol. The van der Waals surface area contributed by atoms with Gasteiger partial charge in [0.05, 0.1) is 18.3 Å². The first-order valence-corrected chi connectivity index (χ1v) is 8.40. The van der Waals surface area contributed by atoms with E-state index in [4.69, 9.17) is 4.52 Å². The zero-order chi connectivity index (χ0) is 15.7. The van der Waals surface area contributed by atoms with Crippen LogP contribution in [0.3, 0.4) is 0 Å². The van der Waals surface area contributed by atoms with Gasteiger partial charge in [-0.25, -0.2) is 0 Å². The number of rotatable bonds is 4. The maximum atomic E-state index is 12.5. The van der Waals surface area contributed by atoms with Crippen LogP contribution in [0.25, 0.3) is 0 Å². The number of fused-ring (bicyclic) bond motifs is 1. The predicted molar refractivity (Wildman–Crippen MR) is 86.7 cm³/mol. The van der Waals surface area contributed by atoms with Gasteiger partial charge in [0.2, 0.25) is 5.91 Å². The molecule has 1 unspecified atom stereocenters. The molecule has 2 aromatic heterocycles. The zero-order valence-electron chi connectivity index (χ0n) is 13.0. The van der Waals surface area contributed by atoms with Crippen molar-refractivity contribution in [2.75, 3.05) is 0 Å². The molecule has 0 radical (unpaired) electrons. The Hall–Kier alpha value is -1.88. The minimum absolute atomic E-state index is 0.0379. The van der Waals surface area contributed by atoms with Gasteiger partial charge in [0.1, 0.15) is 5.76 Å². The number of thiophene rings is 1. The smallest absolute Gasteiger partial charge is 0.246 e. The third-order valence-electron chi connectivity index (χ3n) is 4.36. The number of amides is 1. The van der Waals surface area contributed by atoms with E-state index in [1.165, 1.54) is 16.5 Å². The second-order valence-corrected chi connectivity index (χ2v) is 6.68. The molecule has 1 aliphatic carbocycles. The standard InChI is InChI=1S/C17H20N2O2S/c1-4-17(20)19(10-14-11(2)18-21-12(14)3)15-6-5-7-16-13(15)8-9-22-16/h4,8-9,15H,1,5-7,10H2,2-3H3. The van der Waals surface area contributed by atoms with Crippen LogP contribution in [0, 0.1) is 13.8 Å². The highest BCUT2D eigenvalue weighted by Gasteiger charge is 2.30. The summed E-state index contributed by atoms with van der Waals surface area (Å²) < 4.78 is 5.24. The van der Waals surface area contributed by atoms with Crippen molar-refractivity contribution in [3.8, 4) is 0 Å². The van der Waals surface area contributed by atoms with Crippen molar-refractivity contribution in [3.63, 3.8) is 0 Å². The van der Waals surface area contributed by atoms with Crippen LogP contribution >= 0.6 is 11.3 Å². The zero-order valence-corrected chi connectivity index (χ0v) is 13.8. The van der Waals surface area contributed by atoms with Crippen molar-refractivity contribution in [3.05, 3.63) is 51.6 Å². The van der Waals surface area contributed by atoms with Crippen molar-refractivity contribution in [2.24, 2.45) is 0 Å². The highest BCUT2D eigenvalue weighted by atomic mass is 32.1. The summed E-state index contributed by atoms with van der Waals surface area (Å²) in [7, 11) is 0. The van der Waals surface area contributed by atoms with Gasteiger partial charge in [-0.15, -0.1) is 11.3 Å². The summed E-state index contributed by atoms with van der Waals surface area (Å²) in [6, 6.07) is 2.27. The predicted octanol–water partition coefficient (Wildman–Crippen LogP) is 3.95. The molecule has 0 N–H and O–H groups in total. The van der Waals surface area contributed by atoms with E-state index < -0.39 is 0 Å². The molecule has 0 spiro atoms. The van der Waals surface area contributed by atoms with E-state index in [0.29, 0.717) is 6.54 Å². The van der Waals surface area contributed by atoms with Crippen molar-refractivity contribution in [1.29, 1.82) is 0 Å². The van der Waals surface area contributed by atoms with Gasteiger partial charge in [0.15, 0.2) is 0 Å². The first-order valence-electron chi connectivity index (χ1n) is 7.53. The van der Waals surface area contributed by atoms with Crippen LogP contribution in [0.1, 0.15) is 46.3 Å². The van der Waals surface area contributed by atoms with E-state index in [1.54, 1.807) is 11.3 Å². The summed E-state index contributed by atoms with van der Waals surface area (Å²) in [6.07, 6.45) is 4.62. The van der Waals surface area contributed by atoms with E-state index >= 15 is 0 Å². The summed E-state index contributed by atoms with van der Waals surface area (Å²) in [5.74, 6) is 0.741. The Morgan fingerprint density at radius 3 is 3.09 bits per heavy atom. The molecule has 1 amide bonds. The average Bonchev–Trinajstić information content (AvgIpc) is 3.12. The van der Waals surface area contributed by atoms with Crippen molar-refractivity contribution in [1.82, 2.24) is 10.1 Å². The number of hydrogen-bond donors (Lipinski definition) is 0. The second-order valence-electron chi connectivity index (χ2n) is 5.68. The number of aryl methyl sites for hydroxylation is 3. The summed E-state index contributed by atoms with van der Waals surface area (Å²) in [4.78, 5) is 15.8. The van der Waals surface area contributed by atoms with Gasteiger partial charge in [0.25, 0.3) is 0 Å². The lowest BCUT2D eigenvalue weighted by Crippen LogP contribution is -2.35. The Morgan fingerprint density at radius 2 is 2.41 bits per heavy atom. The molecule has 5 heteroatoms. The van der Waals surface area contributed by atoms with Crippen molar-refractivity contribution in [2.45, 2.75) is 45.7 Å². The molecule has 116 valence electrons. The topological polar surface area (TPSA) is 46.3 Å². The Labute approximate surface area is 134 Å². The van der Waals surface area contributed by atoms with Gasteiger partial charge < -0.3 is 9.42 Å². The summed E-state index contributed by atoms with van der Waals surface area (Å²) in [5.41, 5.74) is 3.14. The number of aromatic nitrogens is 1. The van der Waals surface area contributed by atoms with Gasteiger partial charge in [0, 0.05) is 10.4 Å². The number of hydrogen-bond acceptors (Lipinski definition) is 4. The summed E-state index contributed by atoms with van der Waals surface area (Å²) in [6.45, 7) is 7.99. The van der Waals surface area contributed by atoms with E-state index in [0.717, 1.165) is 36.3 Å².